The van der Waals surface area contributed by atoms with Crippen molar-refractivity contribution in [2.45, 2.75) is 19.3 Å². The lowest BCUT2D eigenvalue weighted by Crippen LogP contribution is -2.50. The molecule has 2 heterocycles. The molecule has 0 aromatic rings. The lowest BCUT2D eigenvalue weighted by Gasteiger charge is -2.28. The number of likely N-dealkylation sites (tertiary alicyclic amines) is 1. The van der Waals surface area contributed by atoms with Gasteiger partial charge in [0.1, 0.15) is 6.54 Å². The number of carbonyl (C=O) groups is 2. The Bertz CT molecular complexity index is 261. The van der Waals surface area contributed by atoms with Crippen molar-refractivity contribution in [1.29, 1.82) is 0 Å². The monoisotopic (exact) mass is 211 g/mol. The highest BCUT2D eigenvalue weighted by atomic mass is 16.2. The van der Waals surface area contributed by atoms with E-state index in [1.807, 2.05) is 4.90 Å². The Morgan fingerprint density at radius 3 is 2.60 bits per heavy atom. The van der Waals surface area contributed by atoms with E-state index < -0.39 is 0 Å². The van der Waals surface area contributed by atoms with Crippen LogP contribution in [0.3, 0.4) is 0 Å². The van der Waals surface area contributed by atoms with E-state index in [4.69, 9.17) is 0 Å². The fraction of sp³-hybridized carbons (Fsp3) is 0.800. The van der Waals surface area contributed by atoms with Crippen molar-refractivity contribution in [2.24, 2.45) is 0 Å². The predicted molar refractivity (Wildman–Crippen MR) is 55.4 cm³/mol. The molecule has 0 atom stereocenters. The molecule has 5 heteroatoms. The predicted octanol–water partition coefficient (Wildman–Crippen LogP) is 0.0241. The number of nitrogens with one attached hydrogen (secondary N) is 1. The van der Waals surface area contributed by atoms with Gasteiger partial charge >= 0.3 is 6.03 Å². The first-order chi connectivity index (χ1) is 7.27. The molecular formula is C10H17N3O2. The summed E-state index contributed by atoms with van der Waals surface area (Å²) in [4.78, 5) is 26.6. The van der Waals surface area contributed by atoms with Crippen LogP contribution >= 0.6 is 0 Å². The van der Waals surface area contributed by atoms with Crippen molar-refractivity contribution in [3.63, 3.8) is 0 Å². The lowest BCUT2D eigenvalue weighted by molar-refractivity contribution is -0.130. The molecule has 2 aliphatic heterocycles. The first-order valence-electron chi connectivity index (χ1n) is 5.58. The Hall–Kier alpha value is -1.26. The maximum Gasteiger partial charge on any atom is 0.317 e. The normalized spacial score (nSPS) is 21.7. The van der Waals surface area contributed by atoms with Crippen LogP contribution in [-0.2, 0) is 4.79 Å². The molecule has 3 amide bonds. The second-order valence-corrected chi connectivity index (χ2v) is 4.09. The Kier molecular flexibility index (Phi) is 3.08. The first-order valence-corrected chi connectivity index (χ1v) is 5.58. The largest absolute Gasteiger partial charge is 0.341 e. The van der Waals surface area contributed by atoms with Gasteiger partial charge < -0.3 is 15.1 Å². The zero-order valence-electron chi connectivity index (χ0n) is 8.87. The number of nitrogens with zero attached hydrogens (tertiary/aromatic N) is 2. The molecule has 0 unspecified atom stereocenters. The molecular weight excluding hydrogens is 194 g/mol. The molecule has 0 aromatic carbocycles. The highest BCUT2D eigenvalue weighted by Gasteiger charge is 2.24. The van der Waals surface area contributed by atoms with E-state index in [-0.39, 0.29) is 18.5 Å². The highest BCUT2D eigenvalue weighted by molar-refractivity contribution is 5.84. The maximum atomic E-state index is 11.8. The third-order valence-corrected chi connectivity index (χ3v) is 2.95. The zero-order valence-corrected chi connectivity index (χ0v) is 8.87. The number of rotatable bonds is 2. The molecule has 0 bridgehead atoms. The molecule has 2 saturated heterocycles. The summed E-state index contributed by atoms with van der Waals surface area (Å²) in [5.41, 5.74) is 0. The third-order valence-electron chi connectivity index (χ3n) is 2.95. The number of hydrogen-bond donors (Lipinski definition) is 1. The maximum absolute atomic E-state index is 11.8. The van der Waals surface area contributed by atoms with Crippen LogP contribution < -0.4 is 5.32 Å². The van der Waals surface area contributed by atoms with Crippen molar-refractivity contribution < 1.29 is 9.59 Å². The molecule has 0 saturated carbocycles. The Morgan fingerprint density at radius 1 is 1.20 bits per heavy atom. The minimum Gasteiger partial charge on any atom is -0.341 e. The van der Waals surface area contributed by atoms with Crippen molar-refractivity contribution in [1.82, 2.24) is 15.1 Å². The Labute approximate surface area is 89.4 Å². The summed E-state index contributed by atoms with van der Waals surface area (Å²) in [5, 5.41) is 2.74. The molecule has 0 aliphatic carbocycles. The highest BCUT2D eigenvalue weighted by Crippen LogP contribution is 2.08. The van der Waals surface area contributed by atoms with Gasteiger partial charge in [-0.1, -0.05) is 0 Å². The number of urea groups is 1. The zero-order chi connectivity index (χ0) is 10.7. The minimum absolute atomic E-state index is 0.0875. The second kappa shape index (κ2) is 4.51. The Balaban J connectivity index is 1.84. The van der Waals surface area contributed by atoms with Crippen LogP contribution in [0.1, 0.15) is 19.3 Å². The number of amides is 3. The molecule has 5 nitrogen and oxygen atoms in total. The van der Waals surface area contributed by atoms with E-state index in [0.29, 0.717) is 6.54 Å². The number of hydrogen-bond acceptors (Lipinski definition) is 2. The van der Waals surface area contributed by atoms with Crippen LogP contribution in [0.15, 0.2) is 0 Å². The van der Waals surface area contributed by atoms with Gasteiger partial charge in [-0.05, 0) is 19.3 Å². The molecule has 84 valence electrons. The first kappa shape index (κ1) is 10.3. The average Bonchev–Trinajstić information content (AvgIpc) is 2.74. The van der Waals surface area contributed by atoms with E-state index in [1.54, 1.807) is 4.90 Å². The standard InChI is InChI=1S/C10H17N3O2/c14-9(12-5-1-2-6-12)8-13-7-3-4-11-10(13)15/h1-8H2,(H,11,15). The summed E-state index contributed by atoms with van der Waals surface area (Å²) in [7, 11) is 0. The Morgan fingerprint density at radius 2 is 1.93 bits per heavy atom. The van der Waals surface area contributed by atoms with Crippen LogP contribution in [0.5, 0.6) is 0 Å². The van der Waals surface area contributed by atoms with Gasteiger partial charge in [0.05, 0.1) is 0 Å². The third kappa shape index (κ3) is 2.40. The SMILES string of the molecule is O=C(CN1CCCNC1=O)N1CCCC1. The molecule has 2 rings (SSSR count). The molecule has 2 fully saturated rings. The molecule has 15 heavy (non-hydrogen) atoms. The fourth-order valence-corrected chi connectivity index (χ4v) is 2.06. The summed E-state index contributed by atoms with van der Waals surface area (Å²) >= 11 is 0. The lowest BCUT2D eigenvalue weighted by atomic mass is 10.3. The van der Waals surface area contributed by atoms with Gasteiger partial charge in [-0.15, -0.1) is 0 Å². The van der Waals surface area contributed by atoms with Gasteiger partial charge in [-0.25, -0.2) is 4.79 Å². The molecule has 0 aromatic heterocycles. The number of carbonyl (C=O) groups excluding carboxylic acids is 2. The van der Waals surface area contributed by atoms with E-state index in [1.165, 1.54) is 0 Å². The van der Waals surface area contributed by atoms with Gasteiger partial charge in [0.25, 0.3) is 0 Å². The van der Waals surface area contributed by atoms with Crippen LogP contribution in [0, 0.1) is 0 Å². The minimum atomic E-state index is -0.103. The van der Waals surface area contributed by atoms with Crippen LogP contribution in [0.4, 0.5) is 4.79 Å². The van der Waals surface area contributed by atoms with Gasteiger partial charge in [0, 0.05) is 26.2 Å². The topological polar surface area (TPSA) is 52.7 Å². The molecule has 1 N–H and O–H groups in total. The van der Waals surface area contributed by atoms with Crippen LogP contribution in [0.2, 0.25) is 0 Å². The average molecular weight is 211 g/mol. The summed E-state index contributed by atoms with van der Waals surface area (Å²) < 4.78 is 0. The van der Waals surface area contributed by atoms with Gasteiger partial charge in [-0.2, -0.15) is 0 Å². The van der Waals surface area contributed by atoms with E-state index in [9.17, 15) is 9.59 Å². The van der Waals surface area contributed by atoms with Crippen molar-refractivity contribution in [2.75, 3.05) is 32.7 Å². The smallest absolute Gasteiger partial charge is 0.317 e. The van der Waals surface area contributed by atoms with Crippen molar-refractivity contribution in [3.8, 4) is 0 Å². The molecule has 0 radical (unpaired) electrons. The summed E-state index contributed by atoms with van der Waals surface area (Å²) in [5.74, 6) is 0.0875. The summed E-state index contributed by atoms with van der Waals surface area (Å²) in [6.07, 6.45) is 3.12. The molecule has 2 aliphatic rings. The van der Waals surface area contributed by atoms with Crippen molar-refractivity contribution >= 4 is 11.9 Å². The quantitative estimate of drug-likeness (QED) is 0.700. The van der Waals surface area contributed by atoms with Gasteiger partial charge in [0.15, 0.2) is 0 Å². The summed E-state index contributed by atoms with van der Waals surface area (Å²) in [6, 6.07) is -0.103. The van der Waals surface area contributed by atoms with Gasteiger partial charge in [0.2, 0.25) is 5.91 Å². The van der Waals surface area contributed by atoms with E-state index >= 15 is 0 Å². The van der Waals surface area contributed by atoms with Crippen LogP contribution in [-0.4, -0.2) is 54.5 Å². The van der Waals surface area contributed by atoms with Gasteiger partial charge in [-0.3, -0.25) is 4.79 Å². The van der Waals surface area contributed by atoms with Crippen LogP contribution in [0.25, 0.3) is 0 Å². The van der Waals surface area contributed by atoms with E-state index in [2.05, 4.69) is 5.32 Å². The fourth-order valence-electron chi connectivity index (χ4n) is 2.06. The van der Waals surface area contributed by atoms with Crippen molar-refractivity contribution in [3.05, 3.63) is 0 Å². The molecule has 0 spiro atoms. The second-order valence-electron chi connectivity index (χ2n) is 4.09. The summed E-state index contributed by atoms with van der Waals surface area (Å²) in [6.45, 7) is 3.38. The van der Waals surface area contributed by atoms with E-state index in [0.717, 1.165) is 38.9 Å².